The number of thioether (sulfide) groups is 1. The topological polar surface area (TPSA) is 107 Å². The highest BCUT2D eigenvalue weighted by Crippen LogP contribution is 2.29. The molecule has 0 aliphatic carbocycles. The van der Waals surface area contributed by atoms with Gasteiger partial charge in [-0.3, -0.25) is 9.36 Å². The number of carboxylic acid groups (broad SMARTS) is 1. The monoisotopic (exact) mass is 299 g/mol. The smallest absolute Gasteiger partial charge is 0.313 e. The number of hydrogen-bond donors (Lipinski definition) is 2. The Morgan fingerprint density at radius 3 is 2.95 bits per heavy atom. The molecule has 0 saturated heterocycles. The van der Waals surface area contributed by atoms with Crippen molar-refractivity contribution in [1.82, 2.24) is 19.7 Å². The van der Waals surface area contributed by atoms with Crippen LogP contribution in [0.1, 0.15) is 22.9 Å². The number of carbonyl (C=O) groups is 1. The standard InChI is InChI=1S/C10H13N5O2S2/c1-5-3-12-8(19-5)6(2)15-9(11)13-14-10(15)18-4-7(16)17/h3,6H,4H2,1-2H3,(H2,11,13)(H,16,17). The fraction of sp³-hybridized carbons (Fsp3) is 0.400. The summed E-state index contributed by atoms with van der Waals surface area (Å²) in [5.41, 5.74) is 5.80. The van der Waals surface area contributed by atoms with Crippen LogP contribution < -0.4 is 5.73 Å². The highest BCUT2D eigenvalue weighted by Gasteiger charge is 2.20. The van der Waals surface area contributed by atoms with E-state index < -0.39 is 5.97 Å². The molecule has 0 fully saturated rings. The molecule has 0 bridgehead atoms. The van der Waals surface area contributed by atoms with Crippen molar-refractivity contribution in [1.29, 1.82) is 0 Å². The summed E-state index contributed by atoms with van der Waals surface area (Å²) in [6.07, 6.45) is 1.79. The third-order valence-corrected chi connectivity index (χ3v) is 4.41. The number of anilines is 1. The van der Waals surface area contributed by atoms with Crippen LogP contribution >= 0.6 is 23.1 Å². The summed E-state index contributed by atoms with van der Waals surface area (Å²) in [5, 5.41) is 17.8. The van der Waals surface area contributed by atoms with Crippen LogP contribution in [-0.2, 0) is 4.79 Å². The minimum Gasteiger partial charge on any atom is -0.481 e. The van der Waals surface area contributed by atoms with Crippen molar-refractivity contribution < 1.29 is 9.90 Å². The van der Waals surface area contributed by atoms with Crippen molar-refractivity contribution in [3.05, 3.63) is 16.1 Å². The average molecular weight is 299 g/mol. The van der Waals surface area contributed by atoms with Crippen LogP contribution in [0.3, 0.4) is 0 Å². The first kappa shape index (κ1) is 13.8. The second-order valence-electron chi connectivity index (χ2n) is 3.88. The van der Waals surface area contributed by atoms with Crippen molar-refractivity contribution >= 4 is 35.0 Å². The van der Waals surface area contributed by atoms with Crippen molar-refractivity contribution in [2.45, 2.75) is 25.0 Å². The van der Waals surface area contributed by atoms with Crippen LogP contribution in [0.5, 0.6) is 0 Å². The van der Waals surface area contributed by atoms with Crippen LogP contribution in [0.4, 0.5) is 5.95 Å². The van der Waals surface area contributed by atoms with E-state index in [4.69, 9.17) is 10.8 Å². The van der Waals surface area contributed by atoms with E-state index in [0.29, 0.717) is 5.16 Å². The number of aryl methyl sites for hydroxylation is 1. The van der Waals surface area contributed by atoms with Crippen molar-refractivity contribution in [3.8, 4) is 0 Å². The molecule has 2 heterocycles. The summed E-state index contributed by atoms with van der Waals surface area (Å²) in [6, 6.07) is -0.120. The van der Waals surface area contributed by atoms with E-state index in [1.165, 1.54) is 0 Å². The molecule has 19 heavy (non-hydrogen) atoms. The van der Waals surface area contributed by atoms with Gasteiger partial charge in [-0.05, 0) is 13.8 Å². The predicted octanol–water partition coefficient (Wildman–Crippen LogP) is 1.41. The summed E-state index contributed by atoms with van der Waals surface area (Å²) in [7, 11) is 0. The Hall–Kier alpha value is -1.61. The first-order chi connectivity index (χ1) is 8.99. The first-order valence-corrected chi connectivity index (χ1v) is 7.26. The van der Waals surface area contributed by atoms with Gasteiger partial charge in [0.25, 0.3) is 0 Å². The van der Waals surface area contributed by atoms with Crippen molar-refractivity contribution in [3.63, 3.8) is 0 Å². The molecule has 9 heteroatoms. The Bertz CT molecular complexity index is 595. The van der Waals surface area contributed by atoms with E-state index in [-0.39, 0.29) is 17.7 Å². The molecule has 2 aromatic heterocycles. The number of carboxylic acids is 1. The highest BCUT2D eigenvalue weighted by molar-refractivity contribution is 7.99. The third kappa shape index (κ3) is 3.04. The molecule has 0 aliphatic heterocycles. The lowest BCUT2D eigenvalue weighted by atomic mass is 10.3. The fourth-order valence-corrected chi connectivity index (χ4v) is 3.11. The molecule has 0 spiro atoms. The summed E-state index contributed by atoms with van der Waals surface area (Å²) in [4.78, 5) is 16.0. The van der Waals surface area contributed by atoms with Crippen LogP contribution in [0.2, 0.25) is 0 Å². The number of thiazole rings is 1. The Balaban J connectivity index is 2.27. The molecular formula is C10H13N5O2S2. The van der Waals surface area contributed by atoms with E-state index in [2.05, 4.69) is 15.2 Å². The van der Waals surface area contributed by atoms with Gasteiger partial charge >= 0.3 is 5.97 Å². The number of nitrogens with two attached hydrogens (primary N) is 1. The largest absolute Gasteiger partial charge is 0.481 e. The highest BCUT2D eigenvalue weighted by atomic mass is 32.2. The molecule has 7 nitrogen and oxygen atoms in total. The average Bonchev–Trinajstić information content (AvgIpc) is 2.92. The van der Waals surface area contributed by atoms with Crippen LogP contribution in [0.15, 0.2) is 11.4 Å². The maximum Gasteiger partial charge on any atom is 0.313 e. The molecule has 2 aromatic rings. The molecular weight excluding hydrogens is 286 g/mol. The van der Waals surface area contributed by atoms with E-state index >= 15 is 0 Å². The minimum atomic E-state index is -0.907. The van der Waals surface area contributed by atoms with Crippen LogP contribution in [0, 0.1) is 6.92 Å². The molecule has 1 atom stereocenters. The van der Waals surface area contributed by atoms with Gasteiger partial charge in [-0.2, -0.15) is 0 Å². The van der Waals surface area contributed by atoms with Crippen LogP contribution in [0.25, 0.3) is 0 Å². The van der Waals surface area contributed by atoms with Gasteiger partial charge < -0.3 is 10.8 Å². The number of aliphatic carboxylic acids is 1. The normalized spacial score (nSPS) is 12.5. The number of aromatic nitrogens is 4. The maximum atomic E-state index is 10.6. The van der Waals surface area contributed by atoms with Gasteiger partial charge in [0.2, 0.25) is 5.95 Å². The third-order valence-electron chi connectivity index (χ3n) is 2.40. The van der Waals surface area contributed by atoms with Gasteiger partial charge in [0.05, 0.1) is 11.8 Å². The van der Waals surface area contributed by atoms with Gasteiger partial charge in [0.1, 0.15) is 5.01 Å². The zero-order valence-electron chi connectivity index (χ0n) is 10.4. The Kier molecular flexibility index (Phi) is 4.05. The lowest BCUT2D eigenvalue weighted by Gasteiger charge is -2.13. The van der Waals surface area contributed by atoms with Gasteiger partial charge in [-0.25, -0.2) is 4.98 Å². The molecule has 3 N–H and O–H groups in total. The quantitative estimate of drug-likeness (QED) is 0.804. The lowest BCUT2D eigenvalue weighted by molar-refractivity contribution is -0.133. The number of nitrogens with zero attached hydrogens (tertiary/aromatic N) is 4. The fourth-order valence-electron chi connectivity index (χ4n) is 1.55. The van der Waals surface area contributed by atoms with Gasteiger partial charge in [-0.15, -0.1) is 21.5 Å². The van der Waals surface area contributed by atoms with Crippen molar-refractivity contribution in [2.24, 2.45) is 0 Å². The Morgan fingerprint density at radius 2 is 2.37 bits per heavy atom. The predicted molar refractivity (Wildman–Crippen MR) is 73.5 cm³/mol. The zero-order chi connectivity index (χ0) is 14.0. The van der Waals surface area contributed by atoms with Gasteiger partial charge in [0, 0.05) is 11.1 Å². The van der Waals surface area contributed by atoms with E-state index in [0.717, 1.165) is 21.6 Å². The number of rotatable bonds is 5. The molecule has 1 unspecified atom stereocenters. The molecule has 102 valence electrons. The van der Waals surface area contributed by atoms with Gasteiger partial charge in [-0.1, -0.05) is 11.8 Å². The molecule has 0 saturated carbocycles. The summed E-state index contributed by atoms with van der Waals surface area (Å²) >= 11 is 2.66. The lowest BCUT2D eigenvalue weighted by Crippen LogP contribution is -2.12. The SMILES string of the molecule is Cc1cnc(C(C)n2c(N)nnc2SCC(=O)O)s1. The first-order valence-electron chi connectivity index (χ1n) is 5.46. The Labute approximate surface area is 117 Å². The molecule has 2 rings (SSSR count). The van der Waals surface area contributed by atoms with Gasteiger partial charge in [0.15, 0.2) is 5.16 Å². The van der Waals surface area contributed by atoms with Crippen molar-refractivity contribution in [2.75, 3.05) is 11.5 Å². The molecule has 0 radical (unpaired) electrons. The zero-order valence-corrected chi connectivity index (χ0v) is 12.0. The number of hydrogen-bond acceptors (Lipinski definition) is 7. The Morgan fingerprint density at radius 1 is 1.63 bits per heavy atom. The summed E-state index contributed by atoms with van der Waals surface area (Å²) in [5.74, 6) is -0.731. The van der Waals surface area contributed by atoms with E-state index in [9.17, 15) is 4.79 Å². The van der Waals surface area contributed by atoms with Crippen LogP contribution in [-0.4, -0.2) is 36.6 Å². The van der Waals surface area contributed by atoms with E-state index in [1.807, 2.05) is 13.8 Å². The molecule has 0 amide bonds. The number of nitrogen functional groups attached to an aromatic ring is 1. The second kappa shape index (κ2) is 5.57. The minimum absolute atomic E-state index is 0.0816. The second-order valence-corrected chi connectivity index (χ2v) is 6.09. The molecule has 0 aliphatic rings. The maximum absolute atomic E-state index is 10.6. The van der Waals surface area contributed by atoms with E-state index in [1.54, 1.807) is 22.1 Å². The summed E-state index contributed by atoms with van der Waals surface area (Å²) in [6.45, 7) is 3.91. The molecule has 0 aromatic carbocycles. The summed E-state index contributed by atoms with van der Waals surface area (Å²) < 4.78 is 1.70.